The molecule has 53 heavy (non-hydrogen) atoms. The van der Waals surface area contributed by atoms with E-state index >= 15 is 0 Å². The second-order valence-corrected chi connectivity index (χ2v) is 13.8. The minimum absolute atomic E-state index is 0.873. The molecule has 0 amide bonds. The highest BCUT2D eigenvalue weighted by Gasteiger charge is 2.18. The molecule has 11 rings (SSSR count). The van der Waals surface area contributed by atoms with Gasteiger partial charge in [0.15, 0.2) is 0 Å². The highest BCUT2D eigenvalue weighted by Crippen LogP contribution is 2.41. The van der Waals surface area contributed by atoms with Crippen molar-refractivity contribution in [3.05, 3.63) is 194 Å². The van der Waals surface area contributed by atoms with Crippen LogP contribution in [0, 0.1) is 0 Å². The van der Waals surface area contributed by atoms with E-state index < -0.39 is 0 Å². The average Bonchev–Trinajstić information content (AvgIpc) is 3.77. The summed E-state index contributed by atoms with van der Waals surface area (Å²) in [5.74, 6) is 0. The normalized spacial score (nSPS) is 11.8. The maximum atomic E-state index is 6.64. The summed E-state index contributed by atoms with van der Waals surface area (Å²) in [6.45, 7) is 0. The predicted molar refractivity (Wildman–Crippen MR) is 223 cm³/mol. The molecular weight excluding hydrogens is 645 g/mol. The van der Waals surface area contributed by atoms with Crippen molar-refractivity contribution in [1.29, 1.82) is 0 Å². The smallest absolute Gasteiger partial charge is 0.143 e. The Bertz CT molecular complexity index is 3130. The lowest BCUT2D eigenvalue weighted by molar-refractivity contribution is 0.672. The first-order valence-corrected chi connectivity index (χ1v) is 18.1. The molecule has 0 spiro atoms. The van der Waals surface area contributed by atoms with Crippen molar-refractivity contribution >= 4 is 82.4 Å². The first kappa shape index (κ1) is 29.6. The Morgan fingerprint density at radius 3 is 1.75 bits per heavy atom. The molecule has 3 nitrogen and oxygen atoms in total. The standard InChI is InChI=1S/C50H32N2O/c1-2-12-36-31-40(26-22-33(36)10-1)51(41-27-29-45-46-28-23-35-11-3-4-15-42(35)50(46)53-49(45)32-41)38-24-20-34(21-25-38)37-13-9-14-39(30-37)52-47-18-7-5-16-43(47)44-17-6-8-19-48(44)52/h1-32H. The summed E-state index contributed by atoms with van der Waals surface area (Å²) in [7, 11) is 0. The fraction of sp³-hybridized carbons (Fsp3) is 0. The third-order valence-electron chi connectivity index (χ3n) is 10.7. The zero-order chi connectivity index (χ0) is 34.9. The molecule has 0 atom stereocenters. The average molecular weight is 677 g/mol. The zero-order valence-corrected chi connectivity index (χ0v) is 28.8. The van der Waals surface area contributed by atoms with Gasteiger partial charge in [0.2, 0.25) is 0 Å². The maximum Gasteiger partial charge on any atom is 0.143 e. The molecule has 3 heteroatoms. The van der Waals surface area contributed by atoms with Crippen LogP contribution in [0.3, 0.4) is 0 Å². The number of anilines is 3. The van der Waals surface area contributed by atoms with Gasteiger partial charge in [-0.25, -0.2) is 0 Å². The second-order valence-electron chi connectivity index (χ2n) is 13.8. The Morgan fingerprint density at radius 2 is 0.962 bits per heavy atom. The van der Waals surface area contributed by atoms with Gasteiger partial charge >= 0.3 is 0 Å². The third-order valence-corrected chi connectivity index (χ3v) is 10.7. The van der Waals surface area contributed by atoms with Crippen LogP contribution in [-0.2, 0) is 0 Å². The molecule has 11 aromatic rings. The molecule has 0 bridgehead atoms. The van der Waals surface area contributed by atoms with Crippen molar-refractivity contribution in [3.63, 3.8) is 0 Å². The van der Waals surface area contributed by atoms with Gasteiger partial charge in [0, 0.05) is 55.7 Å². The van der Waals surface area contributed by atoms with Gasteiger partial charge in [-0.2, -0.15) is 0 Å². The minimum Gasteiger partial charge on any atom is -0.455 e. The molecule has 248 valence electrons. The van der Waals surface area contributed by atoms with E-state index in [1.807, 2.05) is 0 Å². The van der Waals surface area contributed by atoms with Gasteiger partial charge < -0.3 is 13.9 Å². The quantitative estimate of drug-likeness (QED) is 0.181. The molecule has 0 saturated carbocycles. The van der Waals surface area contributed by atoms with E-state index in [1.54, 1.807) is 0 Å². The molecule has 0 radical (unpaired) electrons. The van der Waals surface area contributed by atoms with Gasteiger partial charge in [-0.1, -0.05) is 121 Å². The summed E-state index contributed by atoms with van der Waals surface area (Å²) in [6, 6.07) is 69.7. The van der Waals surface area contributed by atoms with Gasteiger partial charge in [-0.3, -0.25) is 0 Å². The molecule has 0 saturated heterocycles. The monoisotopic (exact) mass is 676 g/mol. The third kappa shape index (κ3) is 4.75. The van der Waals surface area contributed by atoms with Crippen molar-refractivity contribution < 1.29 is 4.42 Å². The van der Waals surface area contributed by atoms with E-state index in [1.165, 1.54) is 43.5 Å². The summed E-state index contributed by atoms with van der Waals surface area (Å²) in [5.41, 5.74) is 10.9. The van der Waals surface area contributed by atoms with Crippen LogP contribution in [0.15, 0.2) is 199 Å². The van der Waals surface area contributed by atoms with Crippen LogP contribution < -0.4 is 4.90 Å². The summed E-state index contributed by atoms with van der Waals surface area (Å²) in [6.07, 6.45) is 0. The number of nitrogens with zero attached hydrogens (tertiary/aromatic N) is 2. The van der Waals surface area contributed by atoms with Crippen LogP contribution in [0.1, 0.15) is 0 Å². The van der Waals surface area contributed by atoms with Crippen LogP contribution in [0.4, 0.5) is 17.1 Å². The first-order valence-electron chi connectivity index (χ1n) is 18.1. The van der Waals surface area contributed by atoms with E-state index in [9.17, 15) is 0 Å². The van der Waals surface area contributed by atoms with Crippen LogP contribution in [0.2, 0.25) is 0 Å². The molecule has 0 N–H and O–H groups in total. The van der Waals surface area contributed by atoms with E-state index in [4.69, 9.17) is 4.42 Å². The number of fused-ring (bicyclic) bond motifs is 9. The number of hydrogen-bond donors (Lipinski definition) is 0. The Kier molecular flexibility index (Phi) is 6.55. The van der Waals surface area contributed by atoms with E-state index in [0.717, 1.165) is 55.6 Å². The number of para-hydroxylation sites is 2. The van der Waals surface area contributed by atoms with Gasteiger partial charge in [-0.05, 0) is 94.0 Å². The van der Waals surface area contributed by atoms with E-state index in [0.29, 0.717) is 0 Å². The molecule has 0 aliphatic rings. The zero-order valence-electron chi connectivity index (χ0n) is 28.8. The summed E-state index contributed by atoms with van der Waals surface area (Å²) in [5, 5.41) is 9.51. The number of furan rings is 1. The van der Waals surface area contributed by atoms with E-state index in [2.05, 4.69) is 204 Å². The number of hydrogen-bond acceptors (Lipinski definition) is 2. The van der Waals surface area contributed by atoms with Crippen molar-refractivity contribution in [3.8, 4) is 16.8 Å². The molecular formula is C50H32N2O. The topological polar surface area (TPSA) is 21.3 Å². The Labute approximate surface area is 306 Å². The molecule has 0 aliphatic heterocycles. The molecule has 0 unspecified atom stereocenters. The predicted octanol–water partition coefficient (Wildman–Crippen LogP) is 14.1. The molecule has 2 heterocycles. The lowest BCUT2D eigenvalue weighted by Crippen LogP contribution is -2.09. The lowest BCUT2D eigenvalue weighted by Gasteiger charge is -2.26. The van der Waals surface area contributed by atoms with E-state index in [-0.39, 0.29) is 0 Å². The fourth-order valence-electron chi connectivity index (χ4n) is 8.22. The van der Waals surface area contributed by atoms with Crippen LogP contribution in [-0.4, -0.2) is 4.57 Å². The van der Waals surface area contributed by atoms with Crippen molar-refractivity contribution in [1.82, 2.24) is 4.57 Å². The molecule has 0 fully saturated rings. The number of aromatic nitrogens is 1. The van der Waals surface area contributed by atoms with Crippen molar-refractivity contribution in [2.45, 2.75) is 0 Å². The summed E-state index contributed by atoms with van der Waals surface area (Å²) >= 11 is 0. The lowest BCUT2D eigenvalue weighted by atomic mass is 10.0. The minimum atomic E-state index is 0.873. The number of rotatable bonds is 5. The van der Waals surface area contributed by atoms with Crippen LogP contribution in [0.5, 0.6) is 0 Å². The van der Waals surface area contributed by atoms with Gasteiger partial charge in [0.05, 0.1) is 11.0 Å². The molecule has 2 aromatic heterocycles. The van der Waals surface area contributed by atoms with Crippen LogP contribution in [0.25, 0.3) is 82.1 Å². The summed E-state index contributed by atoms with van der Waals surface area (Å²) in [4.78, 5) is 2.33. The van der Waals surface area contributed by atoms with Crippen molar-refractivity contribution in [2.75, 3.05) is 4.90 Å². The molecule has 0 aliphatic carbocycles. The van der Waals surface area contributed by atoms with Crippen molar-refractivity contribution in [2.24, 2.45) is 0 Å². The SMILES string of the molecule is c1cc(-c2ccc(N(c3ccc4ccccc4c3)c3ccc4c(c3)oc3c5ccccc5ccc43)cc2)cc(-n2c3ccccc3c3ccccc32)c1. The first-order chi connectivity index (χ1) is 26.3. The van der Waals surface area contributed by atoms with Gasteiger partial charge in [0.25, 0.3) is 0 Å². The molecule has 9 aromatic carbocycles. The Balaban J connectivity index is 1.03. The van der Waals surface area contributed by atoms with Gasteiger partial charge in [-0.15, -0.1) is 0 Å². The fourth-order valence-corrected chi connectivity index (χ4v) is 8.22. The second kappa shape index (κ2) is 11.7. The maximum absolute atomic E-state index is 6.64. The highest BCUT2D eigenvalue weighted by atomic mass is 16.3. The largest absolute Gasteiger partial charge is 0.455 e. The highest BCUT2D eigenvalue weighted by molar-refractivity contribution is 6.15. The van der Waals surface area contributed by atoms with Crippen LogP contribution >= 0.6 is 0 Å². The summed E-state index contributed by atoms with van der Waals surface area (Å²) < 4.78 is 9.02. The Hall–Kier alpha value is -7.10. The Morgan fingerprint density at radius 1 is 0.358 bits per heavy atom. The van der Waals surface area contributed by atoms with Gasteiger partial charge in [0.1, 0.15) is 11.2 Å². The number of benzene rings is 9.